The third-order valence-electron chi connectivity index (χ3n) is 0.354. The van der Waals surface area contributed by atoms with Crippen LogP contribution < -0.4 is 17.2 Å². The van der Waals surface area contributed by atoms with E-state index in [1.165, 1.54) is 0 Å². The first kappa shape index (κ1) is 6.31. The van der Waals surface area contributed by atoms with Crippen LogP contribution in [0.25, 0.3) is 0 Å². The zero-order valence-electron chi connectivity index (χ0n) is 3.52. The van der Waals surface area contributed by atoms with Crippen molar-refractivity contribution in [1.82, 2.24) is 0 Å². The molecule has 1 unspecified atom stereocenters. The van der Waals surface area contributed by atoms with Gasteiger partial charge in [0, 0.05) is 6.16 Å². The number of rotatable bonds is 1. The Kier molecular flexibility index (Phi) is 1.94. The van der Waals surface area contributed by atoms with Gasteiger partial charge in [0.1, 0.15) is 5.79 Å². The first-order valence-electron chi connectivity index (χ1n) is 1.63. The summed E-state index contributed by atoms with van der Waals surface area (Å²) < 4.78 is 0. The lowest BCUT2D eigenvalue weighted by Crippen LogP contribution is -2.59. The lowest BCUT2D eigenvalue weighted by Gasteiger charge is -2.13. The molecular formula is C2H10N3P. The summed E-state index contributed by atoms with van der Waals surface area (Å²) >= 11 is 0. The van der Waals surface area contributed by atoms with Crippen molar-refractivity contribution in [2.24, 2.45) is 17.2 Å². The van der Waals surface area contributed by atoms with E-state index in [4.69, 9.17) is 17.2 Å². The molecule has 38 valence electrons. The fourth-order valence-electron chi connectivity index (χ4n) is 0. The Balaban J connectivity index is 3.17. The molecule has 1 atom stereocenters. The van der Waals surface area contributed by atoms with Gasteiger partial charge in [-0.15, -0.1) is 9.24 Å². The molecule has 0 bridgehead atoms. The Bertz CT molecular complexity index is 38.5. The van der Waals surface area contributed by atoms with Crippen molar-refractivity contribution in [3.63, 3.8) is 0 Å². The standard InChI is InChI=1S/C2H10N3P/c3-2(4,5)1-6/h1,3-6H2. The average Bonchev–Trinajstić information content (AvgIpc) is 1.35. The second kappa shape index (κ2) is 1.85. The van der Waals surface area contributed by atoms with Crippen LogP contribution in [-0.4, -0.2) is 11.9 Å². The third-order valence-corrected chi connectivity index (χ3v) is 1.06. The van der Waals surface area contributed by atoms with E-state index in [2.05, 4.69) is 9.24 Å². The van der Waals surface area contributed by atoms with Crippen molar-refractivity contribution in [1.29, 1.82) is 0 Å². The fraction of sp³-hybridized carbons (Fsp3) is 1.00. The van der Waals surface area contributed by atoms with Crippen LogP contribution in [0.4, 0.5) is 0 Å². The van der Waals surface area contributed by atoms with Crippen LogP contribution in [0, 0.1) is 0 Å². The minimum Gasteiger partial charge on any atom is -0.301 e. The highest BCUT2D eigenvalue weighted by Crippen LogP contribution is 1.84. The summed E-state index contributed by atoms with van der Waals surface area (Å²) in [4.78, 5) is 0. The van der Waals surface area contributed by atoms with E-state index >= 15 is 0 Å². The predicted molar refractivity (Wildman–Crippen MR) is 29.9 cm³/mol. The molecule has 0 saturated carbocycles. The molecule has 0 rings (SSSR count). The summed E-state index contributed by atoms with van der Waals surface area (Å²) in [5, 5.41) is 0. The monoisotopic (exact) mass is 107 g/mol. The fourth-order valence-corrected chi connectivity index (χ4v) is 0. The van der Waals surface area contributed by atoms with Crippen LogP contribution in [0.15, 0.2) is 0 Å². The molecule has 0 aliphatic heterocycles. The van der Waals surface area contributed by atoms with Gasteiger partial charge < -0.3 is 17.2 Å². The molecule has 0 amide bonds. The molecule has 3 nitrogen and oxygen atoms in total. The van der Waals surface area contributed by atoms with E-state index in [-0.39, 0.29) is 0 Å². The van der Waals surface area contributed by atoms with Gasteiger partial charge >= 0.3 is 0 Å². The van der Waals surface area contributed by atoms with Crippen molar-refractivity contribution >= 4 is 9.24 Å². The summed E-state index contributed by atoms with van der Waals surface area (Å²) in [6.45, 7) is 0. The molecule has 6 N–H and O–H groups in total. The molecule has 0 aromatic heterocycles. The summed E-state index contributed by atoms with van der Waals surface area (Å²) in [5.41, 5.74) is 15.2. The minimum atomic E-state index is -0.995. The molecule has 6 heavy (non-hydrogen) atoms. The van der Waals surface area contributed by atoms with Crippen LogP contribution in [-0.2, 0) is 0 Å². The van der Waals surface area contributed by atoms with Gasteiger partial charge in [-0.3, -0.25) is 0 Å². The Hall–Kier alpha value is 0.310. The molecule has 0 spiro atoms. The van der Waals surface area contributed by atoms with Gasteiger partial charge in [-0.05, 0) is 0 Å². The Labute approximate surface area is 39.5 Å². The predicted octanol–water partition coefficient (Wildman–Crippen LogP) is -1.61. The van der Waals surface area contributed by atoms with Gasteiger partial charge in [-0.25, -0.2) is 0 Å². The van der Waals surface area contributed by atoms with Crippen molar-refractivity contribution in [2.75, 3.05) is 6.16 Å². The van der Waals surface area contributed by atoms with E-state index in [1.54, 1.807) is 0 Å². The highest BCUT2D eigenvalue weighted by molar-refractivity contribution is 7.16. The van der Waals surface area contributed by atoms with E-state index in [1.807, 2.05) is 0 Å². The molecule has 0 radical (unpaired) electrons. The van der Waals surface area contributed by atoms with E-state index in [0.29, 0.717) is 6.16 Å². The van der Waals surface area contributed by atoms with Gasteiger partial charge in [-0.2, -0.15) is 0 Å². The first-order chi connectivity index (χ1) is 2.56. The highest BCUT2D eigenvalue weighted by Gasteiger charge is 2.04. The number of hydrogen-bond acceptors (Lipinski definition) is 3. The Morgan fingerprint density at radius 2 is 1.50 bits per heavy atom. The highest BCUT2D eigenvalue weighted by atomic mass is 31.0. The normalized spacial score (nSPS) is 12.0. The van der Waals surface area contributed by atoms with Crippen molar-refractivity contribution in [2.45, 2.75) is 5.79 Å². The second-order valence-corrected chi connectivity index (χ2v) is 1.72. The molecule has 0 aromatic rings. The quantitative estimate of drug-likeness (QED) is 0.278. The summed E-state index contributed by atoms with van der Waals surface area (Å²) in [7, 11) is 2.35. The summed E-state index contributed by atoms with van der Waals surface area (Å²) in [6.07, 6.45) is 0.521. The zero-order chi connectivity index (χ0) is 5.21. The first-order valence-corrected chi connectivity index (χ1v) is 2.44. The zero-order valence-corrected chi connectivity index (χ0v) is 4.67. The molecular weight excluding hydrogens is 97.0 g/mol. The van der Waals surface area contributed by atoms with Crippen LogP contribution in [0.2, 0.25) is 0 Å². The Morgan fingerprint density at radius 1 is 1.33 bits per heavy atom. The molecule has 0 saturated heterocycles. The van der Waals surface area contributed by atoms with Gasteiger partial charge in [0.25, 0.3) is 0 Å². The van der Waals surface area contributed by atoms with Gasteiger partial charge in [0.05, 0.1) is 0 Å². The SMILES string of the molecule is NC(N)(N)CP. The maximum absolute atomic E-state index is 5.07. The topological polar surface area (TPSA) is 78.1 Å². The molecule has 0 aliphatic rings. The number of nitrogens with two attached hydrogens (primary N) is 3. The van der Waals surface area contributed by atoms with Crippen molar-refractivity contribution in [3.05, 3.63) is 0 Å². The molecule has 0 aliphatic carbocycles. The van der Waals surface area contributed by atoms with Crippen LogP contribution in [0.5, 0.6) is 0 Å². The second-order valence-electron chi connectivity index (χ2n) is 1.32. The van der Waals surface area contributed by atoms with Gasteiger partial charge in [0.2, 0.25) is 0 Å². The van der Waals surface area contributed by atoms with Crippen LogP contribution in [0.3, 0.4) is 0 Å². The van der Waals surface area contributed by atoms with Crippen LogP contribution in [0.1, 0.15) is 0 Å². The minimum absolute atomic E-state index is 0.521. The van der Waals surface area contributed by atoms with Gasteiger partial charge in [-0.1, -0.05) is 0 Å². The molecule has 4 heteroatoms. The average molecular weight is 107 g/mol. The van der Waals surface area contributed by atoms with Crippen molar-refractivity contribution < 1.29 is 0 Å². The third kappa shape index (κ3) is 4.31. The molecule has 0 heterocycles. The molecule has 0 aromatic carbocycles. The maximum atomic E-state index is 5.07. The summed E-state index contributed by atoms with van der Waals surface area (Å²) in [5.74, 6) is -0.995. The van der Waals surface area contributed by atoms with E-state index in [0.717, 1.165) is 0 Å². The lowest BCUT2D eigenvalue weighted by atomic mass is 10.5. The van der Waals surface area contributed by atoms with Gasteiger partial charge in [0.15, 0.2) is 0 Å². The van der Waals surface area contributed by atoms with Crippen molar-refractivity contribution in [3.8, 4) is 0 Å². The van der Waals surface area contributed by atoms with E-state index < -0.39 is 5.79 Å². The maximum Gasteiger partial charge on any atom is 0.119 e. The lowest BCUT2D eigenvalue weighted by molar-refractivity contribution is 0.525. The van der Waals surface area contributed by atoms with E-state index in [9.17, 15) is 0 Å². The summed E-state index contributed by atoms with van der Waals surface area (Å²) in [6, 6.07) is 0. The Morgan fingerprint density at radius 3 is 1.50 bits per heavy atom. The smallest absolute Gasteiger partial charge is 0.119 e. The number of hydrogen-bond donors (Lipinski definition) is 3. The largest absolute Gasteiger partial charge is 0.301 e. The molecule has 0 fully saturated rings. The van der Waals surface area contributed by atoms with Crippen LogP contribution >= 0.6 is 9.24 Å².